The second kappa shape index (κ2) is 5.97. The molecule has 1 unspecified atom stereocenters. The van der Waals surface area contributed by atoms with Crippen LogP contribution in [0.2, 0.25) is 5.02 Å². The van der Waals surface area contributed by atoms with E-state index in [1.807, 2.05) is 19.1 Å². The van der Waals surface area contributed by atoms with Crippen molar-refractivity contribution in [1.29, 1.82) is 0 Å². The lowest BCUT2D eigenvalue weighted by Gasteiger charge is -2.15. The lowest BCUT2D eigenvalue weighted by molar-refractivity contribution is 0.416. The first-order chi connectivity index (χ1) is 7.58. The third-order valence-corrected chi connectivity index (χ3v) is 2.97. The van der Waals surface area contributed by atoms with Gasteiger partial charge in [0.25, 0.3) is 0 Å². The molecule has 0 bridgehead atoms. The molecule has 1 aromatic rings. The number of hydrogen-bond donors (Lipinski definition) is 2. The fraction of sp³-hybridized carbons (Fsp3) is 0.500. The maximum atomic E-state index is 6.02. The Morgan fingerprint density at radius 1 is 1.50 bits per heavy atom. The molecule has 3 nitrogen and oxygen atoms in total. The minimum atomic E-state index is 0.153. The van der Waals surface area contributed by atoms with E-state index in [1.54, 1.807) is 7.11 Å². The first kappa shape index (κ1) is 13.1. The first-order valence-electron chi connectivity index (χ1n) is 5.42. The molecule has 0 radical (unpaired) electrons. The molecule has 0 aliphatic carbocycles. The number of methoxy groups -OCH3 is 1. The van der Waals surface area contributed by atoms with Crippen molar-refractivity contribution >= 4 is 17.3 Å². The molecule has 4 heteroatoms. The van der Waals surface area contributed by atoms with Crippen molar-refractivity contribution in [2.75, 3.05) is 19.0 Å². The summed E-state index contributed by atoms with van der Waals surface area (Å²) in [5.74, 6) is 0.749. The highest BCUT2D eigenvalue weighted by Gasteiger charge is 2.07. The van der Waals surface area contributed by atoms with Crippen LogP contribution in [0.4, 0.5) is 5.69 Å². The van der Waals surface area contributed by atoms with Gasteiger partial charge in [0.05, 0.1) is 12.8 Å². The molecule has 1 rings (SSSR count). The van der Waals surface area contributed by atoms with Crippen LogP contribution in [0.5, 0.6) is 5.75 Å². The molecule has 1 aromatic carbocycles. The van der Waals surface area contributed by atoms with Crippen LogP contribution in [0.15, 0.2) is 12.1 Å². The summed E-state index contributed by atoms with van der Waals surface area (Å²) in [4.78, 5) is 0. The molecule has 16 heavy (non-hydrogen) atoms. The van der Waals surface area contributed by atoms with E-state index >= 15 is 0 Å². The van der Waals surface area contributed by atoms with Crippen molar-refractivity contribution in [2.24, 2.45) is 5.73 Å². The van der Waals surface area contributed by atoms with Crippen LogP contribution >= 0.6 is 11.6 Å². The molecule has 0 saturated carbocycles. The zero-order valence-electron chi connectivity index (χ0n) is 10.0. The number of nitrogens with two attached hydrogens (primary N) is 1. The molecule has 1 atom stereocenters. The smallest absolute Gasteiger partial charge is 0.143 e. The molecular formula is C12H19ClN2O. The van der Waals surface area contributed by atoms with E-state index in [0.717, 1.165) is 30.0 Å². The molecule has 0 aliphatic rings. The highest BCUT2D eigenvalue weighted by molar-refractivity contribution is 6.31. The van der Waals surface area contributed by atoms with Crippen molar-refractivity contribution in [3.8, 4) is 5.75 Å². The van der Waals surface area contributed by atoms with E-state index in [2.05, 4.69) is 12.2 Å². The molecule has 3 N–H and O–H groups in total. The number of hydrogen-bond acceptors (Lipinski definition) is 3. The lowest BCUT2D eigenvalue weighted by Crippen LogP contribution is -2.28. The predicted molar refractivity (Wildman–Crippen MR) is 69.5 cm³/mol. The number of ether oxygens (including phenoxy) is 1. The van der Waals surface area contributed by atoms with Gasteiger partial charge in [0.15, 0.2) is 0 Å². The zero-order valence-corrected chi connectivity index (χ0v) is 10.8. The third kappa shape index (κ3) is 3.29. The Morgan fingerprint density at radius 3 is 2.75 bits per heavy atom. The van der Waals surface area contributed by atoms with Gasteiger partial charge in [0.1, 0.15) is 5.75 Å². The topological polar surface area (TPSA) is 47.3 Å². The van der Waals surface area contributed by atoms with Gasteiger partial charge in [-0.15, -0.1) is 0 Å². The van der Waals surface area contributed by atoms with E-state index in [0.29, 0.717) is 5.02 Å². The van der Waals surface area contributed by atoms with Crippen molar-refractivity contribution in [3.63, 3.8) is 0 Å². The van der Waals surface area contributed by atoms with E-state index in [9.17, 15) is 0 Å². The largest absolute Gasteiger partial charge is 0.495 e. The van der Waals surface area contributed by atoms with Crippen LogP contribution in [-0.2, 0) is 0 Å². The minimum Gasteiger partial charge on any atom is -0.495 e. The van der Waals surface area contributed by atoms with Gasteiger partial charge in [-0.05, 0) is 25.0 Å². The van der Waals surface area contributed by atoms with Crippen LogP contribution in [0, 0.1) is 6.92 Å². The Morgan fingerprint density at radius 2 is 2.19 bits per heavy atom. The van der Waals surface area contributed by atoms with Crippen LogP contribution in [0.25, 0.3) is 0 Å². The summed E-state index contributed by atoms with van der Waals surface area (Å²) in [6.07, 6.45) is 0.946. The molecule has 0 aromatic heterocycles. The molecule has 0 spiro atoms. The molecule has 90 valence electrons. The van der Waals surface area contributed by atoms with Crippen LogP contribution in [-0.4, -0.2) is 19.7 Å². The second-order valence-electron chi connectivity index (χ2n) is 3.85. The quantitative estimate of drug-likeness (QED) is 0.835. The summed E-state index contributed by atoms with van der Waals surface area (Å²) in [5, 5.41) is 3.98. The van der Waals surface area contributed by atoms with Crippen molar-refractivity contribution in [3.05, 3.63) is 22.7 Å². The fourth-order valence-electron chi connectivity index (χ4n) is 1.36. The maximum absolute atomic E-state index is 6.02. The predicted octanol–water partition coefficient (Wildman–Crippen LogP) is 2.81. The zero-order chi connectivity index (χ0) is 12.1. The number of benzene rings is 1. The minimum absolute atomic E-state index is 0.153. The maximum Gasteiger partial charge on any atom is 0.143 e. The van der Waals surface area contributed by atoms with Gasteiger partial charge in [-0.2, -0.15) is 0 Å². The van der Waals surface area contributed by atoms with E-state index in [4.69, 9.17) is 22.1 Å². The number of nitrogens with one attached hydrogen (secondary N) is 1. The third-order valence-electron chi connectivity index (χ3n) is 2.56. The SMILES string of the molecule is CCC(N)CNc1cc(C)c(Cl)cc1OC. The van der Waals surface area contributed by atoms with Crippen LogP contribution < -0.4 is 15.8 Å². The molecule has 0 amide bonds. The Bertz CT molecular complexity index is 355. The van der Waals surface area contributed by atoms with Crippen molar-refractivity contribution in [2.45, 2.75) is 26.3 Å². The van der Waals surface area contributed by atoms with E-state index in [1.165, 1.54) is 0 Å². The van der Waals surface area contributed by atoms with Crippen LogP contribution in [0.1, 0.15) is 18.9 Å². The summed E-state index contributed by atoms with van der Waals surface area (Å²) in [6.45, 7) is 4.76. The monoisotopic (exact) mass is 242 g/mol. The van der Waals surface area contributed by atoms with E-state index < -0.39 is 0 Å². The summed E-state index contributed by atoms with van der Waals surface area (Å²) in [6, 6.07) is 3.95. The Hall–Kier alpha value is -0.930. The standard InChI is InChI=1S/C12H19ClN2O/c1-4-9(14)7-15-11-5-8(2)10(13)6-12(11)16-3/h5-6,9,15H,4,7,14H2,1-3H3. The van der Waals surface area contributed by atoms with Crippen molar-refractivity contribution < 1.29 is 4.74 Å². The second-order valence-corrected chi connectivity index (χ2v) is 4.26. The van der Waals surface area contributed by atoms with Crippen molar-refractivity contribution in [1.82, 2.24) is 0 Å². The fourth-order valence-corrected chi connectivity index (χ4v) is 1.51. The average Bonchev–Trinajstić information content (AvgIpc) is 2.29. The Kier molecular flexibility index (Phi) is 4.90. The number of rotatable bonds is 5. The molecular weight excluding hydrogens is 224 g/mol. The lowest BCUT2D eigenvalue weighted by atomic mass is 10.2. The number of anilines is 1. The summed E-state index contributed by atoms with van der Waals surface area (Å²) in [5.41, 5.74) is 7.81. The number of aryl methyl sites for hydroxylation is 1. The average molecular weight is 243 g/mol. The Balaban J connectivity index is 2.81. The number of halogens is 1. The highest BCUT2D eigenvalue weighted by Crippen LogP contribution is 2.30. The van der Waals surface area contributed by atoms with Gasteiger partial charge in [0.2, 0.25) is 0 Å². The van der Waals surface area contributed by atoms with Gasteiger partial charge >= 0.3 is 0 Å². The molecule has 0 fully saturated rings. The van der Waals surface area contributed by atoms with Gasteiger partial charge in [-0.3, -0.25) is 0 Å². The normalized spacial score (nSPS) is 12.3. The summed E-state index contributed by atoms with van der Waals surface area (Å²) < 4.78 is 5.26. The highest BCUT2D eigenvalue weighted by atomic mass is 35.5. The molecule has 0 aliphatic heterocycles. The molecule has 0 saturated heterocycles. The summed E-state index contributed by atoms with van der Waals surface area (Å²) in [7, 11) is 1.63. The molecule has 0 heterocycles. The summed E-state index contributed by atoms with van der Waals surface area (Å²) >= 11 is 6.02. The van der Waals surface area contributed by atoms with Gasteiger partial charge in [0, 0.05) is 23.7 Å². The Labute approximate surface area is 102 Å². The first-order valence-corrected chi connectivity index (χ1v) is 5.79. The van der Waals surface area contributed by atoms with Crippen LogP contribution in [0.3, 0.4) is 0 Å². The van der Waals surface area contributed by atoms with Gasteiger partial charge < -0.3 is 15.8 Å². The van der Waals surface area contributed by atoms with Gasteiger partial charge in [-0.1, -0.05) is 18.5 Å². The van der Waals surface area contributed by atoms with Gasteiger partial charge in [-0.25, -0.2) is 0 Å². The van der Waals surface area contributed by atoms with E-state index in [-0.39, 0.29) is 6.04 Å².